The number of rotatable bonds is 3. The van der Waals surface area contributed by atoms with Crippen molar-refractivity contribution in [1.29, 1.82) is 0 Å². The van der Waals surface area contributed by atoms with Crippen LogP contribution in [-0.4, -0.2) is 54.0 Å². The van der Waals surface area contributed by atoms with E-state index >= 15 is 0 Å². The number of hydrogen-bond acceptors (Lipinski definition) is 6. The minimum Gasteiger partial charge on any atom is -0.494 e. The molecule has 0 amide bonds. The minimum atomic E-state index is 0.0528. The molecule has 4 atom stereocenters. The van der Waals surface area contributed by atoms with Crippen molar-refractivity contribution in [2.45, 2.75) is 63.2 Å². The van der Waals surface area contributed by atoms with Gasteiger partial charge in [0.2, 0.25) is 0 Å². The lowest BCUT2D eigenvalue weighted by Crippen LogP contribution is -2.09. The average molecular weight is 360 g/mol. The second-order valence-corrected chi connectivity index (χ2v) is 7.75. The fraction of sp³-hybridized carbons (Fsp3) is 0.556. The molecule has 8 nitrogen and oxygen atoms in total. The van der Waals surface area contributed by atoms with Crippen LogP contribution in [0.3, 0.4) is 0 Å². The highest BCUT2D eigenvalue weighted by atomic mass is 16.6. The van der Waals surface area contributed by atoms with E-state index in [0.29, 0.717) is 25.7 Å². The maximum absolute atomic E-state index is 10.5. The lowest BCUT2D eigenvalue weighted by Gasteiger charge is -2.10. The van der Waals surface area contributed by atoms with E-state index in [2.05, 4.69) is 0 Å². The Morgan fingerprint density at radius 1 is 0.577 bits per heavy atom. The van der Waals surface area contributed by atoms with Gasteiger partial charge in [-0.05, 0) is 0 Å². The first kappa shape index (κ1) is 14.8. The third-order valence-corrected chi connectivity index (χ3v) is 6.37. The summed E-state index contributed by atoms with van der Waals surface area (Å²) in [7, 11) is 0. The van der Waals surface area contributed by atoms with Crippen molar-refractivity contribution in [2.75, 3.05) is 0 Å². The van der Waals surface area contributed by atoms with Crippen LogP contribution in [0.25, 0.3) is 0 Å². The van der Waals surface area contributed by atoms with E-state index < -0.39 is 0 Å². The summed E-state index contributed by atoms with van der Waals surface area (Å²) in [4.78, 5) is 0. The molecular formula is C18H20N2O6. The summed E-state index contributed by atoms with van der Waals surface area (Å²) in [5, 5.41) is 42.0. The van der Waals surface area contributed by atoms with E-state index in [1.165, 1.54) is 9.13 Å². The van der Waals surface area contributed by atoms with Crippen LogP contribution in [0.2, 0.25) is 0 Å². The van der Waals surface area contributed by atoms with Gasteiger partial charge < -0.3 is 29.9 Å². The van der Waals surface area contributed by atoms with Gasteiger partial charge in [-0.2, -0.15) is 0 Å². The summed E-state index contributed by atoms with van der Waals surface area (Å²) >= 11 is 0. The predicted molar refractivity (Wildman–Crippen MR) is 87.7 cm³/mol. The lowest BCUT2D eigenvalue weighted by atomic mass is 9.95. The summed E-state index contributed by atoms with van der Waals surface area (Å²) in [5.74, 6) is 0.211. The van der Waals surface area contributed by atoms with Crippen LogP contribution < -0.4 is 0 Å². The highest BCUT2D eigenvalue weighted by Gasteiger charge is 2.47. The summed E-state index contributed by atoms with van der Waals surface area (Å²) in [5.41, 5.74) is 3.00. The van der Waals surface area contributed by atoms with Crippen molar-refractivity contribution >= 4 is 0 Å². The third-order valence-electron chi connectivity index (χ3n) is 6.37. The molecule has 8 heteroatoms. The molecule has 0 radical (unpaired) electrons. The van der Waals surface area contributed by atoms with Gasteiger partial charge in [0.05, 0.1) is 24.4 Å². The number of aromatic nitrogens is 2. The highest BCUT2D eigenvalue weighted by Crippen LogP contribution is 2.47. The summed E-state index contributed by atoms with van der Waals surface area (Å²) in [6.45, 7) is 0.498. The largest absolute Gasteiger partial charge is 0.494 e. The second kappa shape index (κ2) is 4.69. The molecule has 138 valence electrons. The van der Waals surface area contributed by atoms with Gasteiger partial charge in [-0.25, -0.2) is 0 Å². The van der Waals surface area contributed by atoms with E-state index in [1.807, 2.05) is 0 Å². The maximum Gasteiger partial charge on any atom is 0.197 e. The van der Waals surface area contributed by atoms with E-state index in [1.54, 1.807) is 0 Å². The Morgan fingerprint density at radius 3 is 1.12 bits per heavy atom. The summed E-state index contributed by atoms with van der Waals surface area (Å²) < 4.78 is 13.9. The summed E-state index contributed by atoms with van der Waals surface area (Å²) in [6.07, 6.45) is 3.08. The van der Waals surface area contributed by atoms with Crippen LogP contribution in [-0.2, 0) is 48.2 Å². The van der Waals surface area contributed by atoms with Crippen molar-refractivity contribution in [3.05, 3.63) is 22.3 Å². The van der Waals surface area contributed by atoms with Gasteiger partial charge in [0.1, 0.15) is 0 Å². The molecule has 2 fully saturated rings. The molecule has 2 aliphatic heterocycles. The van der Waals surface area contributed by atoms with E-state index in [-0.39, 0.29) is 61.0 Å². The number of hydrogen-bond donors (Lipinski definition) is 4. The minimum absolute atomic E-state index is 0.0528. The second-order valence-electron chi connectivity index (χ2n) is 7.75. The molecule has 4 unspecified atom stereocenters. The first-order chi connectivity index (χ1) is 12.5. The zero-order valence-corrected chi connectivity index (χ0v) is 14.1. The number of aromatic hydroxyl groups is 4. The Kier molecular flexibility index (Phi) is 2.67. The first-order valence-electron chi connectivity index (χ1n) is 9.08. The zero-order chi connectivity index (χ0) is 17.7. The average Bonchev–Trinajstić information content (AvgIpc) is 3.52. The molecule has 4 heterocycles. The van der Waals surface area contributed by atoms with E-state index in [4.69, 9.17) is 9.47 Å². The SMILES string of the molecule is Oc1c2c(c(O)n1CCn1c(O)c3c(c1O)CC1OC1C3)CC1OC1C2. The summed E-state index contributed by atoms with van der Waals surface area (Å²) in [6, 6.07) is 0. The molecule has 2 aliphatic carbocycles. The number of ether oxygens (including phenoxy) is 2. The van der Waals surface area contributed by atoms with Crippen molar-refractivity contribution in [1.82, 2.24) is 9.13 Å². The van der Waals surface area contributed by atoms with Crippen LogP contribution in [0.15, 0.2) is 0 Å². The van der Waals surface area contributed by atoms with Gasteiger partial charge in [-0.3, -0.25) is 9.13 Å². The Labute approximate surface area is 148 Å². The molecule has 4 N–H and O–H groups in total. The number of epoxide rings is 2. The molecule has 4 aliphatic rings. The molecule has 0 bridgehead atoms. The molecule has 6 rings (SSSR count). The van der Waals surface area contributed by atoms with Gasteiger partial charge in [0, 0.05) is 61.0 Å². The zero-order valence-electron chi connectivity index (χ0n) is 14.1. The monoisotopic (exact) mass is 360 g/mol. The smallest absolute Gasteiger partial charge is 0.197 e. The maximum atomic E-state index is 10.5. The van der Waals surface area contributed by atoms with Gasteiger partial charge in [-0.15, -0.1) is 0 Å². The Morgan fingerprint density at radius 2 is 0.846 bits per heavy atom. The topological polar surface area (TPSA) is 116 Å². The van der Waals surface area contributed by atoms with E-state index in [0.717, 1.165) is 22.3 Å². The van der Waals surface area contributed by atoms with Crippen LogP contribution in [0, 0.1) is 0 Å². The van der Waals surface area contributed by atoms with Crippen molar-refractivity contribution in [3.8, 4) is 23.5 Å². The van der Waals surface area contributed by atoms with Crippen LogP contribution >= 0.6 is 0 Å². The Bertz CT molecular complexity index is 801. The third kappa shape index (κ3) is 1.86. The number of fused-ring (bicyclic) bond motifs is 4. The van der Waals surface area contributed by atoms with Gasteiger partial charge in [-0.1, -0.05) is 0 Å². The number of nitrogens with zero attached hydrogens (tertiary/aromatic N) is 2. The predicted octanol–water partition coefficient (Wildman–Crippen LogP) is 0.544. The van der Waals surface area contributed by atoms with Gasteiger partial charge in [0.15, 0.2) is 23.5 Å². The van der Waals surface area contributed by atoms with Crippen molar-refractivity contribution < 1.29 is 29.9 Å². The fourth-order valence-corrected chi connectivity index (χ4v) is 4.75. The normalized spacial score (nSPS) is 30.3. The van der Waals surface area contributed by atoms with Crippen LogP contribution in [0.1, 0.15) is 22.3 Å². The molecule has 0 aromatic carbocycles. The van der Waals surface area contributed by atoms with Crippen molar-refractivity contribution in [2.24, 2.45) is 0 Å². The molecule has 2 aromatic heterocycles. The molecule has 2 saturated heterocycles. The first-order valence-corrected chi connectivity index (χ1v) is 9.08. The Balaban J connectivity index is 1.30. The standard InChI is InChI=1S/C18H20N2O6/c21-15-7-3-11-12(25-11)4-8(7)16(22)19(15)1-2-20-17(23)9-5-13-14(26-13)6-10(9)18(20)24/h11-14,21-24H,1-6H2. The fourth-order valence-electron chi connectivity index (χ4n) is 4.75. The molecule has 0 saturated carbocycles. The van der Waals surface area contributed by atoms with Gasteiger partial charge >= 0.3 is 0 Å². The van der Waals surface area contributed by atoms with Gasteiger partial charge in [0.25, 0.3) is 0 Å². The Hall–Kier alpha value is -2.32. The van der Waals surface area contributed by atoms with Crippen molar-refractivity contribution in [3.63, 3.8) is 0 Å². The molecule has 26 heavy (non-hydrogen) atoms. The molecule has 2 aromatic rings. The lowest BCUT2D eigenvalue weighted by molar-refractivity contribution is 0.323. The highest BCUT2D eigenvalue weighted by molar-refractivity contribution is 5.50. The molecule has 0 spiro atoms. The quantitative estimate of drug-likeness (QED) is 0.594. The molecular weight excluding hydrogens is 340 g/mol. The van der Waals surface area contributed by atoms with Crippen LogP contribution in [0.5, 0.6) is 23.5 Å². The van der Waals surface area contributed by atoms with E-state index in [9.17, 15) is 20.4 Å². The van der Waals surface area contributed by atoms with Crippen LogP contribution in [0.4, 0.5) is 0 Å².